The summed E-state index contributed by atoms with van der Waals surface area (Å²) in [6.45, 7) is 0.609. The van der Waals surface area contributed by atoms with Gasteiger partial charge in [0.05, 0.1) is 5.56 Å². The van der Waals surface area contributed by atoms with Gasteiger partial charge in [0.1, 0.15) is 11.6 Å². The van der Waals surface area contributed by atoms with Gasteiger partial charge >= 0.3 is 6.18 Å². The van der Waals surface area contributed by atoms with Crippen molar-refractivity contribution < 1.29 is 13.2 Å². The Bertz CT molecular complexity index is 382. The Hall–Kier alpha value is -1.11. The van der Waals surface area contributed by atoms with Gasteiger partial charge in [-0.05, 0) is 30.6 Å². The van der Waals surface area contributed by atoms with E-state index in [-0.39, 0.29) is 11.6 Å². The van der Waals surface area contributed by atoms with Crippen molar-refractivity contribution in [3.8, 4) is 0 Å². The molecule has 0 fully saturated rings. The molecule has 0 saturated carbocycles. The van der Waals surface area contributed by atoms with E-state index in [1.165, 1.54) is 0 Å². The van der Waals surface area contributed by atoms with E-state index >= 15 is 0 Å². The fourth-order valence-electron chi connectivity index (χ4n) is 1.35. The summed E-state index contributed by atoms with van der Waals surface area (Å²) >= 11 is 1.70. The molecule has 0 radical (unpaired) electrons. The molecular weight excluding hydrogens is 263 g/mol. The highest BCUT2D eigenvalue weighted by atomic mass is 32.2. The molecule has 0 unspecified atom stereocenters. The molecule has 1 aromatic rings. The van der Waals surface area contributed by atoms with E-state index in [1.807, 2.05) is 6.26 Å². The summed E-state index contributed by atoms with van der Waals surface area (Å²) in [4.78, 5) is 4.03. The minimum atomic E-state index is -4.36. The molecule has 7 heteroatoms. The van der Waals surface area contributed by atoms with Crippen LogP contribution in [0.25, 0.3) is 0 Å². The van der Waals surface area contributed by atoms with Gasteiger partial charge in [0.2, 0.25) is 0 Å². The highest BCUT2D eigenvalue weighted by Crippen LogP contribution is 2.31. The van der Waals surface area contributed by atoms with Crippen LogP contribution in [0.5, 0.6) is 0 Å². The summed E-state index contributed by atoms with van der Waals surface area (Å²) in [5.74, 6) is 1.41. The summed E-state index contributed by atoms with van der Waals surface area (Å²) in [5, 5.41) is 5.53. The minimum absolute atomic E-state index is 0.206. The van der Waals surface area contributed by atoms with Gasteiger partial charge in [-0.3, -0.25) is 0 Å². The molecule has 0 aromatic carbocycles. The molecule has 0 amide bonds. The number of halogens is 3. The van der Waals surface area contributed by atoms with E-state index in [2.05, 4.69) is 15.6 Å². The Morgan fingerprint density at radius 3 is 2.50 bits per heavy atom. The van der Waals surface area contributed by atoms with E-state index in [0.717, 1.165) is 24.3 Å². The molecule has 0 bridgehead atoms. The van der Waals surface area contributed by atoms with Gasteiger partial charge in [-0.25, -0.2) is 4.98 Å². The van der Waals surface area contributed by atoms with E-state index in [4.69, 9.17) is 0 Å². The van der Waals surface area contributed by atoms with Crippen LogP contribution in [0.15, 0.2) is 12.1 Å². The highest BCUT2D eigenvalue weighted by molar-refractivity contribution is 7.98. The summed E-state index contributed by atoms with van der Waals surface area (Å²) in [7, 11) is 1.54. The first kappa shape index (κ1) is 14.9. The van der Waals surface area contributed by atoms with Crippen molar-refractivity contribution in [2.24, 2.45) is 0 Å². The van der Waals surface area contributed by atoms with Crippen molar-refractivity contribution >= 4 is 23.4 Å². The fraction of sp³-hybridized carbons (Fsp3) is 0.545. The van der Waals surface area contributed by atoms with E-state index in [0.29, 0.717) is 6.54 Å². The van der Waals surface area contributed by atoms with Crippen LogP contribution < -0.4 is 10.6 Å². The third-order valence-electron chi connectivity index (χ3n) is 2.24. The van der Waals surface area contributed by atoms with Crippen molar-refractivity contribution in [3.05, 3.63) is 17.7 Å². The van der Waals surface area contributed by atoms with Crippen LogP contribution in [-0.2, 0) is 6.18 Å². The van der Waals surface area contributed by atoms with Gasteiger partial charge in [-0.1, -0.05) is 0 Å². The number of alkyl halides is 3. The quantitative estimate of drug-likeness (QED) is 0.783. The molecule has 0 aliphatic rings. The molecule has 0 saturated heterocycles. The van der Waals surface area contributed by atoms with Gasteiger partial charge in [0, 0.05) is 13.6 Å². The number of pyridine rings is 1. The fourth-order valence-corrected chi connectivity index (χ4v) is 1.78. The second kappa shape index (κ2) is 6.72. The zero-order chi connectivity index (χ0) is 13.6. The SMILES string of the molecule is CNc1cc(C(F)(F)F)cc(NCCCSC)n1. The van der Waals surface area contributed by atoms with Gasteiger partial charge < -0.3 is 10.6 Å². The molecule has 18 heavy (non-hydrogen) atoms. The second-order valence-electron chi connectivity index (χ2n) is 3.65. The summed E-state index contributed by atoms with van der Waals surface area (Å²) < 4.78 is 37.9. The van der Waals surface area contributed by atoms with Crippen molar-refractivity contribution in [2.75, 3.05) is 36.2 Å². The number of nitrogens with zero attached hydrogens (tertiary/aromatic N) is 1. The maximum absolute atomic E-state index is 12.6. The van der Waals surface area contributed by atoms with Gasteiger partial charge in [-0.15, -0.1) is 0 Å². The largest absolute Gasteiger partial charge is 0.416 e. The maximum atomic E-state index is 12.6. The number of hydrogen-bond acceptors (Lipinski definition) is 4. The van der Waals surface area contributed by atoms with E-state index in [9.17, 15) is 13.2 Å². The van der Waals surface area contributed by atoms with Crippen molar-refractivity contribution in [2.45, 2.75) is 12.6 Å². The maximum Gasteiger partial charge on any atom is 0.416 e. The molecule has 2 N–H and O–H groups in total. The average molecular weight is 279 g/mol. The average Bonchev–Trinajstić information content (AvgIpc) is 2.33. The Kier molecular flexibility index (Phi) is 5.58. The van der Waals surface area contributed by atoms with Gasteiger partial charge in [0.15, 0.2) is 0 Å². The number of thioether (sulfide) groups is 1. The molecule has 0 atom stereocenters. The Labute approximate surface area is 109 Å². The monoisotopic (exact) mass is 279 g/mol. The molecular formula is C11H16F3N3S. The lowest BCUT2D eigenvalue weighted by molar-refractivity contribution is -0.137. The normalized spacial score (nSPS) is 11.4. The summed E-state index contributed by atoms with van der Waals surface area (Å²) in [5.41, 5.74) is -0.700. The first-order valence-electron chi connectivity index (χ1n) is 5.47. The van der Waals surface area contributed by atoms with Gasteiger partial charge in [0.25, 0.3) is 0 Å². The molecule has 1 heterocycles. The predicted octanol–water partition coefficient (Wildman–Crippen LogP) is 3.31. The Balaban J connectivity index is 2.78. The molecule has 1 rings (SSSR count). The highest BCUT2D eigenvalue weighted by Gasteiger charge is 2.31. The molecule has 0 aliphatic heterocycles. The van der Waals surface area contributed by atoms with Crippen LogP contribution >= 0.6 is 11.8 Å². The topological polar surface area (TPSA) is 37.0 Å². The zero-order valence-electron chi connectivity index (χ0n) is 10.3. The van der Waals surface area contributed by atoms with Crippen LogP contribution in [0.2, 0.25) is 0 Å². The lowest BCUT2D eigenvalue weighted by Crippen LogP contribution is -2.10. The molecule has 0 aliphatic carbocycles. The first-order valence-corrected chi connectivity index (χ1v) is 6.86. The van der Waals surface area contributed by atoms with Crippen LogP contribution in [-0.4, -0.2) is 30.6 Å². The van der Waals surface area contributed by atoms with Crippen molar-refractivity contribution in [3.63, 3.8) is 0 Å². The zero-order valence-corrected chi connectivity index (χ0v) is 11.1. The number of hydrogen-bond donors (Lipinski definition) is 2. The standard InChI is InChI=1S/C11H16F3N3S/c1-15-9-6-8(11(12,13)14)7-10(17-9)16-4-3-5-18-2/h6-7H,3-5H2,1-2H3,(H2,15,16,17). The minimum Gasteiger partial charge on any atom is -0.373 e. The third kappa shape index (κ3) is 4.64. The second-order valence-corrected chi connectivity index (χ2v) is 4.63. The Morgan fingerprint density at radius 2 is 1.94 bits per heavy atom. The lowest BCUT2D eigenvalue weighted by atomic mass is 10.2. The number of anilines is 2. The number of nitrogens with one attached hydrogen (secondary N) is 2. The Morgan fingerprint density at radius 1 is 1.28 bits per heavy atom. The van der Waals surface area contributed by atoms with Crippen molar-refractivity contribution in [1.29, 1.82) is 0 Å². The third-order valence-corrected chi connectivity index (χ3v) is 2.94. The van der Waals surface area contributed by atoms with Crippen LogP contribution in [0.3, 0.4) is 0 Å². The van der Waals surface area contributed by atoms with E-state index < -0.39 is 11.7 Å². The van der Waals surface area contributed by atoms with Crippen LogP contribution in [0.4, 0.5) is 24.8 Å². The molecule has 1 aromatic heterocycles. The summed E-state index contributed by atoms with van der Waals surface area (Å²) in [6, 6.07) is 2.02. The molecule has 0 spiro atoms. The van der Waals surface area contributed by atoms with Crippen LogP contribution in [0, 0.1) is 0 Å². The smallest absolute Gasteiger partial charge is 0.373 e. The summed E-state index contributed by atoms with van der Waals surface area (Å²) in [6.07, 6.45) is -1.49. The molecule has 3 nitrogen and oxygen atoms in total. The first-order chi connectivity index (χ1) is 8.47. The van der Waals surface area contributed by atoms with E-state index in [1.54, 1.807) is 18.8 Å². The van der Waals surface area contributed by atoms with Crippen molar-refractivity contribution in [1.82, 2.24) is 4.98 Å². The lowest BCUT2D eigenvalue weighted by Gasteiger charge is -2.12. The van der Waals surface area contributed by atoms with Crippen LogP contribution in [0.1, 0.15) is 12.0 Å². The molecule has 102 valence electrons. The number of rotatable bonds is 6. The predicted molar refractivity (Wildman–Crippen MR) is 70.3 cm³/mol. The number of aromatic nitrogens is 1. The van der Waals surface area contributed by atoms with Gasteiger partial charge in [-0.2, -0.15) is 24.9 Å².